The van der Waals surface area contributed by atoms with Crippen LogP contribution in [-0.4, -0.2) is 21.4 Å². The van der Waals surface area contributed by atoms with Crippen molar-refractivity contribution in [1.82, 2.24) is 5.32 Å². The normalized spacial score (nSPS) is 15.6. The molecule has 19 heavy (non-hydrogen) atoms. The summed E-state index contributed by atoms with van der Waals surface area (Å²) >= 11 is 0. The highest BCUT2D eigenvalue weighted by Gasteiger charge is 2.22. The molecule has 0 saturated carbocycles. The molecule has 0 spiro atoms. The van der Waals surface area contributed by atoms with Gasteiger partial charge in [-0.2, -0.15) is 0 Å². The first-order valence-corrected chi connectivity index (χ1v) is 7.33. The van der Waals surface area contributed by atoms with Crippen molar-refractivity contribution in [2.75, 3.05) is 5.73 Å². The second-order valence-corrected chi connectivity index (χ2v) is 6.25. The van der Waals surface area contributed by atoms with Gasteiger partial charge in [-0.25, -0.2) is 4.39 Å². The number of carbonyl (C=O) groups excluding carboxylic acids is 1. The number of hydrogen-bond donors (Lipinski definition) is 2. The van der Waals surface area contributed by atoms with Crippen molar-refractivity contribution in [3.05, 3.63) is 24.0 Å². The molecular weight excluding hydrogens is 267 g/mol. The number of nitrogens with two attached hydrogens (primary N) is 1. The van der Waals surface area contributed by atoms with Gasteiger partial charge >= 0.3 is 0 Å². The lowest BCUT2D eigenvalue weighted by atomic mass is 10.2. The largest absolute Gasteiger partial charge is 0.399 e. The molecule has 0 aliphatic carbocycles. The Balaban J connectivity index is 2.84. The SMILES string of the molecule is CCC(C)NC(=O)C(C)S(=O)c1cc(N)cc(F)c1. The predicted molar refractivity (Wildman–Crippen MR) is 74.6 cm³/mol. The second kappa shape index (κ2) is 6.65. The molecule has 0 aromatic heterocycles. The van der Waals surface area contributed by atoms with Gasteiger partial charge in [-0.15, -0.1) is 0 Å². The van der Waals surface area contributed by atoms with E-state index in [-0.39, 0.29) is 22.5 Å². The Hall–Kier alpha value is -1.43. The van der Waals surface area contributed by atoms with E-state index in [9.17, 15) is 13.4 Å². The Morgan fingerprint density at radius 2 is 2.05 bits per heavy atom. The van der Waals surface area contributed by atoms with Crippen molar-refractivity contribution >= 4 is 22.4 Å². The molecule has 4 nitrogen and oxygen atoms in total. The Morgan fingerprint density at radius 1 is 1.42 bits per heavy atom. The van der Waals surface area contributed by atoms with Gasteiger partial charge in [0.05, 0.1) is 10.8 Å². The van der Waals surface area contributed by atoms with Gasteiger partial charge in [-0.1, -0.05) is 6.92 Å². The van der Waals surface area contributed by atoms with E-state index < -0.39 is 21.9 Å². The molecule has 1 aromatic rings. The molecule has 0 radical (unpaired) electrons. The number of carbonyl (C=O) groups is 1. The minimum atomic E-state index is -1.63. The van der Waals surface area contributed by atoms with E-state index in [1.54, 1.807) is 6.92 Å². The van der Waals surface area contributed by atoms with Crippen LogP contribution in [0.4, 0.5) is 10.1 Å². The van der Waals surface area contributed by atoms with Gasteiger partial charge < -0.3 is 11.1 Å². The van der Waals surface area contributed by atoms with E-state index >= 15 is 0 Å². The molecule has 3 atom stereocenters. The lowest BCUT2D eigenvalue weighted by Crippen LogP contribution is -2.40. The van der Waals surface area contributed by atoms with E-state index in [1.807, 2.05) is 13.8 Å². The first-order valence-electron chi connectivity index (χ1n) is 6.12. The topological polar surface area (TPSA) is 72.2 Å². The zero-order valence-electron chi connectivity index (χ0n) is 11.3. The molecule has 106 valence electrons. The van der Waals surface area contributed by atoms with Crippen molar-refractivity contribution < 1.29 is 13.4 Å². The summed E-state index contributed by atoms with van der Waals surface area (Å²) in [7, 11) is -1.63. The maximum absolute atomic E-state index is 13.2. The molecule has 0 fully saturated rings. The zero-order valence-corrected chi connectivity index (χ0v) is 12.1. The molecule has 1 rings (SSSR count). The number of halogens is 1. The van der Waals surface area contributed by atoms with Crippen LogP contribution >= 0.6 is 0 Å². The van der Waals surface area contributed by atoms with Crippen LogP contribution in [-0.2, 0) is 15.6 Å². The van der Waals surface area contributed by atoms with Gasteiger partial charge in [0, 0.05) is 16.6 Å². The number of anilines is 1. The van der Waals surface area contributed by atoms with Crippen LogP contribution in [0.1, 0.15) is 27.2 Å². The Bertz CT molecular complexity index is 473. The molecule has 3 N–H and O–H groups in total. The molecular formula is C13H19FN2O2S. The standard InChI is InChI=1S/C13H19FN2O2S/c1-4-8(2)16-13(17)9(3)19(18)12-6-10(14)5-11(15)7-12/h5-9H,4,15H2,1-3H3,(H,16,17). The molecule has 6 heteroatoms. The number of rotatable bonds is 5. The van der Waals surface area contributed by atoms with Crippen molar-refractivity contribution in [3.8, 4) is 0 Å². The van der Waals surface area contributed by atoms with E-state index in [0.717, 1.165) is 18.6 Å². The minimum Gasteiger partial charge on any atom is -0.399 e. The highest BCUT2D eigenvalue weighted by atomic mass is 32.2. The molecule has 0 bridgehead atoms. The quantitative estimate of drug-likeness (QED) is 0.811. The molecule has 0 aliphatic rings. The fourth-order valence-electron chi connectivity index (χ4n) is 1.46. The van der Waals surface area contributed by atoms with Crippen molar-refractivity contribution in [1.29, 1.82) is 0 Å². The van der Waals surface area contributed by atoms with E-state index in [1.165, 1.54) is 6.07 Å². The first-order chi connectivity index (χ1) is 8.85. The van der Waals surface area contributed by atoms with Crippen LogP contribution in [0.5, 0.6) is 0 Å². The summed E-state index contributed by atoms with van der Waals surface area (Å²) < 4.78 is 25.4. The maximum atomic E-state index is 13.2. The summed E-state index contributed by atoms with van der Waals surface area (Å²) in [5.74, 6) is -0.867. The summed E-state index contributed by atoms with van der Waals surface area (Å²) in [6.45, 7) is 5.36. The summed E-state index contributed by atoms with van der Waals surface area (Å²) in [6.07, 6.45) is 0.790. The maximum Gasteiger partial charge on any atom is 0.236 e. The zero-order chi connectivity index (χ0) is 14.6. The average Bonchev–Trinajstić information content (AvgIpc) is 2.35. The third kappa shape index (κ3) is 4.31. The van der Waals surface area contributed by atoms with Crippen molar-refractivity contribution in [2.45, 2.75) is 43.4 Å². The van der Waals surface area contributed by atoms with E-state index in [2.05, 4.69) is 5.32 Å². The molecule has 3 unspecified atom stereocenters. The number of hydrogen-bond acceptors (Lipinski definition) is 3. The molecule has 0 heterocycles. The Morgan fingerprint density at radius 3 is 2.58 bits per heavy atom. The molecule has 1 amide bonds. The van der Waals surface area contributed by atoms with Crippen LogP contribution in [0.2, 0.25) is 0 Å². The van der Waals surface area contributed by atoms with Crippen LogP contribution < -0.4 is 11.1 Å². The highest BCUT2D eigenvalue weighted by Crippen LogP contribution is 2.17. The lowest BCUT2D eigenvalue weighted by molar-refractivity contribution is -0.120. The first kappa shape index (κ1) is 15.6. The summed E-state index contributed by atoms with van der Waals surface area (Å²) in [4.78, 5) is 12.1. The molecule has 0 aliphatic heterocycles. The molecule has 1 aromatic carbocycles. The number of amides is 1. The second-order valence-electron chi connectivity index (χ2n) is 4.48. The van der Waals surface area contributed by atoms with Crippen LogP contribution in [0.15, 0.2) is 23.1 Å². The summed E-state index contributed by atoms with van der Waals surface area (Å²) in [6, 6.07) is 3.72. The fraction of sp³-hybridized carbons (Fsp3) is 0.462. The minimum absolute atomic E-state index is 0.0181. The Labute approximate surface area is 115 Å². The van der Waals surface area contributed by atoms with Gasteiger partial charge in [0.25, 0.3) is 0 Å². The van der Waals surface area contributed by atoms with Crippen molar-refractivity contribution in [3.63, 3.8) is 0 Å². The fourth-order valence-corrected chi connectivity index (χ4v) is 2.62. The number of nitrogens with one attached hydrogen (secondary N) is 1. The Kier molecular flexibility index (Phi) is 5.47. The van der Waals surface area contributed by atoms with Gasteiger partial charge in [0.2, 0.25) is 5.91 Å². The lowest BCUT2D eigenvalue weighted by Gasteiger charge is -2.16. The number of nitrogen functional groups attached to an aromatic ring is 1. The highest BCUT2D eigenvalue weighted by molar-refractivity contribution is 7.86. The van der Waals surface area contributed by atoms with E-state index in [0.29, 0.717) is 0 Å². The predicted octanol–water partition coefficient (Wildman–Crippen LogP) is 1.82. The monoisotopic (exact) mass is 286 g/mol. The smallest absolute Gasteiger partial charge is 0.236 e. The molecule has 0 saturated heterocycles. The van der Waals surface area contributed by atoms with Crippen LogP contribution in [0, 0.1) is 5.82 Å². The van der Waals surface area contributed by atoms with E-state index in [4.69, 9.17) is 5.73 Å². The van der Waals surface area contributed by atoms with Crippen LogP contribution in [0.25, 0.3) is 0 Å². The van der Waals surface area contributed by atoms with Crippen molar-refractivity contribution in [2.24, 2.45) is 0 Å². The average molecular weight is 286 g/mol. The summed E-state index contributed by atoms with van der Waals surface area (Å²) in [5, 5.41) is 2.00. The van der Waals surface area contributed by atoms with Gasteiger partial charge in [-0.05, 0) is 38.5 Å². The van der Waals surface area contributed by atoms with Gasteiger partial charge in [-0.3, -0.25) is 9.00 Å². The third-order valence-corrected chi connectivity index (χ3v) is 4.37. The number of benzene rings is 1. The van der Waals surface area contributed by atoms with Gasteiger partial charge in [0.1, 0.15) is 11.1 Å². The summed E-state index contributed by atoms with van der Waals surface area (Å²) in [5.41, 5.74) is 5.69. The van der Waals surface area contributed by atoms with Gasteiger partial charge in [0.15, 0.2) is 0 Å². The van der Waals surface area contributed by atoms with Crippen LogP contribution in [0.3, 0.4) is 0 Å². The third-order valence-electron chi connectivity index (χ3n) is 2.82.